The van der Waals surface area contributed by atoms with E-state index in [1.807, 2.05) is 18.7 Å². The minimum atomic E-state index is -0.363. The minimum absolute atomic E-state index is 0.0170. The molecule has 0 unspecified atom stereocenters. The number of carbonyl (C=O) groups excluding carboxylic acids is 1. The van der Waals surface area contributed by atoms with Crippen LogP contribution < -0.4 is 11.1 Å². The van der Waals surface area contributed by atoms with E-state index in [9.17, 15) is 4.79 Å². The predicted octanol–water partition coefficient (Wildman–Crippen LogP) is 2.54. The van der Waals surface area contributed by atoms with Gasteiger partial charge in [-0.2, -0.15) is 11.8 Å². The Bertz CT molecular complexity index is 265. The highest BCUT2D eigenvalue weighted by Crippen LogP contribution is 2.37. The number of hydrogen-bond acceptors (Lipinski definition) is 3. The van der Waals surface area contributed by atoms with Crippen molar-refractivity contribution < 1.29 is 4.79 Å². The second-order valence-corrected chi connectivity index (χ2v) is 6.85. The van der Waals surface area contributed by atoms with Gasteiger partial charge >= 0.3 is 0 Å². The first kappa shape index (κ1) is 15.8. The van der Waals surface area contributed by atoms with E-state index in [4.69, 9.17) is 5.73 Å². The van der Waals surface area contributed by atoms with Gasteiger partial charge in [-0.25, -0.2) is 0 Å². The van der Waals surface area contributed by atoms with Gasteiger partial charge in [0.2, 0.25) is 5.91 Å². The molecule has 1 amide bonds. The highest BCUT2D eigenvalue weighted by Gasteiger charge is 2.32. The lowest BCUT2D eigenvalue weighted by Crippen LogP contribution is -2.49. The molecule has 3 N–H and O–H groups in total. The van der Waals surface area contributed by atoms with Crippen molar-refractivity contribution in [1.82, 2.24) is 5.32 Å². The standard InChI is InChI=1S/C14H28N2OS/c1-4-11(2)12(15)13(17)16-10-14(18-3)8-6-5-7-9-14/h11-12H,4-10,15H2,1-3H3,(H,16,17)/t11-,12-/m0/s1. The van der Waals surface area contributed by atoms with Crippen LogP contribution in [-0.4, -0.2) is 29.5 Å². The largest absolute Gasteiger partial charge is 0.353 e. The molecule has 18 heavy (non-hydrogen) atoms. The molecule has 4 heteroatoms. The minimum Gasteiger partial charge on any atom is -0.353 e. The summed E-state index contributed by atoms with van der Waals surface area (Å²) in [7, 11) is 0. The van der Waals surface area contributed by atoms with Gasteiger partial charge in [0.1, 0.15) is 0 Å². The Hall–Kier alpha value is -0.220. The molecule has 0 bridgehead atoms. The summed E-state index contributed by atoms with van der Waals surface area (Å²) in [6.45, 7) is 4.88. The molecule has 1 rings (SSSR count). The fourth-order valence-electron chi connectivity index (χ4n) is 2.53. The van der Waals surface area contributed by atoms with Gasteiger partial charge in [-0.15, -0.1) is 0 Å². The molecule has 0 radical (unpaired) electrons. The van der Waals surface area contributed by atoms with Crippen molar-refractivity contribution in [1.29, 1.82) is 0 Å². The predicted molar refractivity (Wildman–Crippen MR) is 79.8 cm³/mol. The van der Waals surface area contributed by atoms with E-state index in [0.29, 0.717) is 0 Å². The van der Waals surface area contributed by atoms with Crippen molar-refractivity contribution in [2.24, 2.45) is 11.7 Å². The van der Waals surface area contributed by atoms with Crippen molar-refractivity contribution in [3.05, 3.63) is 0 Å². The molecule has 0 heterocycles. The van der Waals surface area contributed by atoms with Gasteiger partial charge < -0.3 is 11.1 Å². The van der Waals surface area contributed by atoms with E-state index < -0.39 is 0 Å². The van der Waals surface area contributed by atoms with E-state index in [2.05, 4.69) is 18.5 Å². The first-order valence-electron chi connectivity index (χ1n) is 7.13. The zero-order chi connectivity index (χ0) is 13.6. The normalized spacial score (nSPS) is 22.2. The highest BCUT2D eigenvalue weighted by atomic mass is 32.2. The van der Waals surface area contributed by atoms with Gasteiger partial charge in [-0.3, -0.25) is 4.79 Å². The van der Waals surface area contributed by atoms with E-state index in [1.165, 1.54) is 32.1 Å². The van der Waals surface area contributed by atoms with Crippen LogP contribution in [0.15, 0.2) is 0 Å². The second kappa shape index (κ2) is 7.39. The Morgan fingerprint density at radius 1 is 1.39 bits per heavy atom. The summed E-state index contributed by atoms with van der Waals surface area (Å²) >= 11 is 1.91. The first-order chi connectivity index (χ1) is 8.54. The summed E-state index contributed by atoms with van der Waals surface area (Å²) in [5.74, 6) is 0.268. The van der Waals surface area contributed by atoms with E-state index in [1.54, 1.807) is 0 Å². The molecule has 2 atom stereocenters. The summed E-state index contributed by atoms with van der Waals surface area (Å²) < 4.78 is 0.253. The first-order valence-corrected chi connectivity index (χ1v) is 8.35. The number of hydrogen-bond donors (Lipinski definition) is 2. The van der Waals surface area contributed by atoms with Crippen molar-refractivity contribution in [3.63, 3.8) is 0 Å². The Morgan fingerprint density at radius 3 is 2.50 bits per heavy atom. The Labute approximate surface area is 116 Å². The van der Waals surface area contributed by atoms with Gasteiger partial charge in [0.15, 0.2) is 0 Å². The summed E-state index contributed by atoms with van der Waals surface area (Å²) in [6.07, 6.45) is 9.44. The summed E-state index contributed by atoms with van der Waals surface area (Å²) in [5.41, 5.74) is 5.95. The Balaban J connectivity index is 2.45. The number of nitrogens with one attached hydrogen (secondary N) is 1. The molecule has 1 aliphatic carbocycles. The average molecular weight is 272 g/mol. The maximum Gasteiger partial charge on any atom is 0.237 e. The molecule has 0 aromatic rings. The number of thioether (sulfide) groups is 1. The van der Waals surface area contributed by atoms with Crippen LogP contribution in [0.1, 0.15) is 52.4 Å². The van der Waals surface area contributed by atoms with Gasteiger partial charge in [-0.1, -0.05) is 39.5 Å². The fraction of sp³-hybridized carbons (Fsp3) is 0.929. The van der Waals surface area contributed by atoms with Crippen LogP contribution in [0.25, 0.3) is 0 Å². The van der Waals surface area contributed by atoms with Crippen LogP contribution in [0.5, 0.6) is 0 Å². The molecule has 0 spiro atoms. The molecule has 0 saturated heterocycles. The topological polar surface area (TPSA) is 55.1 Å². The van der Waals surface area contributed by atoms with Crippen LogP contribution in [-0.2, 0) is 4.79 Å². The Kier molecular flexibility index (Phi) is 6.50. The molecule has 1 fully saturated rings. The Morgan fingerprint density at radius 2 is 2.00 bits per heavy atom. The van der Waals surface area contributed by atoms with Gasteiger partial charge in [0, 0.05) is 11.3 Å². The van der Waals surface area contributed by atoms with Crippen LogP contribution >= 0.6 is 11.8 Å². The second-order valence-electron chi connectivity index (χ2n) is 5.58. The van der Waals surface area contributed by atoms with Crippen LogP contribution in [0.3, 0.4) is 0 Å². The molecule has 0 aromatic carbocycles. The van der Waals surface area contributed by atoms with Gasteiger partial charge in [0.05, 0.1) is 6.04 Å². The third-order valence-electron chi connectivity index (χ3n) is 4.34. The number of nitrogens with two attached hydrogens (primary N) is 1. The number of carbonyl (C=O) groups is 1. The third-order valence-corrected chi connectivity index (χ3v) is 5.76. The van der Waals surface area contributed by atoms with Crippen LogP contribution in [0.2, 0.25) is 0 Å². The lowest BCUT2D eigenvalue weighted by molar-refractivity contribution is -0.123. The van der Waals surface area contributed by atoms with E-state index >= 15 is 0 Å². The molecular formula is C14H28N2OS. The lowest BCUT2D eigenvalue weighted by atomic mass is 9.88. The van der Waals surface area contributed by atoms with E-state index in [-0.39, 0.29) is 22.6 Å². The van der Waals surface area contributed by atoms with Gasteiger partial charge in [0.25, 0.3) is 0 Å². The number of amides is 1. The maximum atomic E-state index is 12.0. The van der Waals surface area contributed by atoms with Crippen LogP contribution in [0.4, 0.5) is 0 Å². The maximum absolute atomic E-state index is 12.0. The smallest absolute Gasteiger partial charge is 0.237 e. The van der Waals surface area contributed by atoms with Crippen molar-refractivity contribution in [3.8, 4) is 0 Å². The summed E-state index contributed by atoms with van der Waals surface area (Å²) in [5, 5.41) is 3.07. The molecule has 106 valence electrons. The lowest BCUT2D eigenvalue weighted by Gasteiger charge is -2.36. The molecule has 1 aliphatic rings. The zero-order valence-electron chi connectivity index (χ0n) is 12.0. The SMILES string of the molecule is CC[C@H](C)[C@H](N)C(=O)NCC1(SC)CCCCC1. The third kappa shape index (κ3) is 4.16. The number of rotatable bonds is 6. The quantitative estimate of drug-likeness (QED) is 0.781. The molecule has 0 aliphatic heterocycles. The van der Waals surface area contributed by atoms with Crippen LogP contribution in [0, 0.1) is 5.92 Å². The average Bonchev–Trinajstić information content (AvgIpc) is 2.44. The van der Waals surface area contributed by atoms with E-state index in [0.717, 1.165) is 13.0 Å². The molecule has 0 aromatic heterocycles. The monoisotopic (exact) mass is 272 g/mol. The van der Waals surface area contributed by atoms with Crippen molar-refractivity contribution in [2.45, 2.75) is 63.2 Å². The van der Waals surface area contributed by atoms with Crippen molar-refractivity contribution in [2.75, 3.05) is 12.8 Å². The molecule has 3 nitrogen and oxygen atoms in total. The van der Waals surface area contributed by atoms with Crippen molar-refractivity contribution >= 4 is 17.7 Å². The summed E-state index contributed by atoms with van der Waals surface area (Å²) in [6, 6.07) is -0.363. The zero-order valence-corrected chi connectivity index (χ0v) is 12.8. The summed E-state index contributed by atoms with van der Waals surface area (Å²) in [4.78, 5) is 12.0. The van der Waals surface area contributed by atoms with Gasteiger partial charge in [-0.05, 0) is 25.0 Å². The molecular weight excluding hydrogens is 244 g/mol. The fourth-order valence-corrected chi connectivity index (χ4v) is 3.44. The highest BCUT2D eigenvalue weighted by molar-refractivity contribution is 8.00. The molecule has 1 saturated carbocycles.